The van der Waals surface area contributed by atoms with Crippen LogP contribution in [0.15, 0.2) is 78.9 Å². The summed E-state index contributed by atoms with van der Waals surface area (Å²) in [5.41, 5.74) is 2.10. The third-order valence-electron chi connectivity index (χ3n) is 5.46. The first-order chi connectivity index (χ1) is 16.7. The molecular formula is C27H29N3O4. The van der Waals surface area contributed by atoms with Crippen molar-refractivity contribution in [2.75, 3.05) is 43.5 Å². The third-order valence-corrected chi connectivity index (χ3v) is 5.46. The molecule has 0 atom stereocenters. The second-order valence-corrected chi connectivity index (χ2v) is 8.02. The highest BCUT2D eigenvalue weighted by Crippen LogP contribution is 2.18. The lowest BCUT2D eigenvalue weighted by molar-refractivity contribution is -0.114. The van der Waals surface area contributed by atoms with Crippen LogP contribution in [0.1, 0.15) is 23.2 Å². The van der Waals surface area contributed by atoms with Crippen LogP contribution in [0.4, 0.5) is 11.4 Å². The highest BCUT2D eigenvalue weighted by molar-refractivity contribution is 5.95. The monoisotopic (exact) mass is 459 g/mol. The number of likely N-dealkylation sites (tertiary alicyclic amines) is 1. The molecule has 3 aromatic carbocycles. The van der Waals surface area contributed by atoms with Gasteiger partial charge in [0, 0.05) is 36.1 Å². The summed E-state index contributed by atoms with van der Waals surface area (Å²) in [6, 6.07) is 24.0. The van der Waals surface area contributed by atoms with E-state index in [0.717, 1.165) is 37.4 Å². The highest BCUT2D eigenvalue weighted by Gasteiger charge is 2.19. The van der Waals surface area contributed by atoms with E-state index in [0.29, 0.717) is 30.2 Å². The van der Waals surface area contributed by atoms with Crippen LogP contribution in [0.25, 0.3) is 0 Å². The number of hydrogen-bond donors (Lipinski definition) is 2. The van der Waals surface area contributed by atoms with Gasteiger partial charge in [-0.25, -0.2) is 0 Å². The van der Waals surface area contributed by atoms with Crippen molar-refractivity contribution in [2.45, 2.75) is 12.8 Å². The normalized spacial score (nSPS) is 12.8. The average molecular weight is 460 g/mol. The van der Waals surface area contributed by atoms with Crippen molar-refractivity contribution in [1.82, 2.24) is 4.90 Å². The minimum Gasteiger partial charge on any atom is -0.490 e. The fourth-order valence-corrected chi connectivity index (χ4v) is 3.72. The van der Waals surface area contributed by atoms with Crippen LogP contribution in [0.2, 0.25) is 0 Å². The van der Waals surface area contributed by atoms with Crippen LogP contribution in [0, 0.1) is 0 Å². The maximum absolute atomic E-state index is 12.4. The van der Waals surface area contributed by atoms with Crippen molar-refractivity contribution < 1.29 is 19.1 Å². The van der Waals surface area contributed by atoms with E-state index >= 15 is 0 Å². The molecule has 1 fully saturated rings. The van der Waals surface area contributed by atoms with E-state index in [1.54, 1.807) is 18.2 Å². The Balaban J connectivity index is 1.19. The van der Waals surface area contributed by atoms with Gasteiger partial charge in [-0.3, -0.25) is 9.59 Å². The van der Waals surface area contributed by atoms with Gasteiger partial charge in [0.25, 0.3) is 5.91 Å². The maximum Gasteiger partial charge on any atom is 0.253 e. The Morgan fingerprint density at radius 2 is 1.44 bits per heavy atom. The minimum absolute atomic E-state index is 0.0653. The summed E-state index contributed by atoms with van der Waals surface area (Å²) in [4.78, 5) is 26.7. The average Bonchev–Trinajstić information content (AvgIpc) is 3.41. The van der Waals surface area contributed by atoms with Crippen molar-refractivity contribution in [1.29, 1.82) is 0 Å². The molecule has 0 spiro atoms. The van der Waals surface area contributed by atoms with Gasteiger partial charge in [-0.2, -0.15) is 0 Å². The second-order valence-electron chi connectivity index (χ2n) is 8.02. The van der Waals surface area contributed by atoms with E-state index in [2.05, 4.69) is 10.6 Å². The fraction of sp³-hybridized carbons (Fsp3) is 0.259. The molecule has 1 saturated heterocycles. The quantitative estimate of drug-likeness (QED) is 0.439. The van der Waals surface area contributed by atoms with E-state index in [-0.39, 0.29) is 18.4 Å². The van der Waals surface area contributed by atoms with Gasteiger partial charge < -0.3 is 25.0 Å². The second kappa shape index (κ2) is 11.7. The van der Waals surface area contributed by atoms with E-state index in [1.807, 2.05) is 65.6 Å². The maximum atomic E-state index is 12.4. The Bertz CT molecular complexity index is 1080. The molecule has 2 N–H and O–H groups in total. The van der Waals surface area contributed by atoms with Gasteiger partial charge in [-0.15, -0.1) is 0 Å². The predicted octanol–water partition coefficient (Wildman–Crippen LogP) is 4.43. The summed E-state index contributed by atoms with van der Waals surface area (Å²) in [7, 11) is 0. The van der Waals surface area contributed by atoms with Crippen LogP contribution in [0.5, 0.6) is 11.5 Å². The summed E-state index contributed by atoms with van der Waals surface area (Å²) in [5.74, 6) is 1.34. The number of nitrogens with one attached hydrogen (secondary N) is 2. The summed E-state index contributed by atoms with van der Waals surface area (Å²) in [6.07, 6.45) is 2.14. The van der Waals surface area contributed by atoms with Gasteiger partial charge in [0.2, 0.25) is 5.91 Å². The molecule has 0 bridgehead atoms. The number of hydrogen-bond acceptors (Lipinski definition) is 5. The lowest BCUT2D eigenvalue weighted by Gasteiger charge is -2.15. The molecule has 7 heteroatoms. The molecule has 34 heavy (non-hydrogen) atoms. The molecule has 0 saturated carbocycles. The standard InChI is InChI=1S/C27H29N3O4/c31-26(20-28-22-13-11-21(12-14-22)27(32)30-15-4-5-16-30)29-23-7-6-10-25(19-23)34-18-17-33-24-8-2-1-3-9-24/h1-3,6-14,19,28H,4-5,15-18,20H2,(H,29,31). The van der Waals surface area contributed by atoms with Gasteiger partial charge in [0.1, 0.15) is 24.7 Å². The number of amides is 2. The molecule has 3 aromatic rings. The zero-order valence-corrected chi connectivity index (χ0v) is 19.0. The Labute approximate surface area is 199 Å². The number of ether oxygens (including phenoxy) is 2. The number of anilines is 2. The van der Waals surface area contributed by atoms with Crippen LogP contribution >= 0.6 is 0 Å². The van der Waals surface area contributed by atoms with Crippen molar-refractivity contribution in [3.05, 3.63) is 84.4 Å². The zero-order valence-electron chi connectivity index (χ0n) is 19.0. The van der Waals surface area contributed by atoms with Crippen LogP contribution in [-0.2, 0) is 4.79 Å². The zero-order chi connectivity index (χ0) is 23.6. The van der Waals surface area contributed by atoms with Gasteiger partial charge in [0.05, 0.1) is 6.54 Å². The number of para-hydroxylation sites is 1. The van der Waals surface area contributed by atoms with Gasteiger partial charge in [-0.1, -0.05) is 24.3 Å². The number of carbonyl (C=O) groups is 2. The van der Waals surface area contributed by atoms with Crippen LogP contribution in [-0.4, -0.2) is 49.6 Å². The molecule has 0 radical (unpaired) electrons. The van der Waals surface area contributed by atoms with Gasteiger partial charge >= 0.3 is 0 Å². The molecule has 7 nitrogen and oxygen atoms in total. The summed E-state index contributed by atoms with van der Waals surface area (Å²) < 4.78 is 11.3. The van der Waals surface area contributed by atoms with Crippen molar-refractivity contribution in [3.8, 4) is 11.5 Å². The molecule has 0 aromatic heterocycles. The number of nitrogens with zero attached hydrogens (tertiary/aromatic N) is 1. The van der Waals surface area contributed by atoms with E-state index in [4.69, 9.17) is 9.47 Å². The third kappa shape index (κ3) is 6.75. The Morgan fingerprint density at radius 1 is 0.765 bits per heavy atom. The molecule has 1 aliphatic rings. The molecule has 2 amide bonds. The molecule has 4 rings (SSSR count). The summed E-state index contributed by atoms with van der Waals surface area (Å²) in [6.45, 7) is 2.58. The molecule has 176 valence electrons. The first kappa shape index (κ1) is 23.2. The first-order valence-electron chi connectivity index (χ1n) is 11.5. The minimum atomic E-state index is -0.179. The Morgan fingerprint density at radius 3 is 2.18 bits per heavy atom. The number of carbonyl (C=O) groups excluding carboxylic acids is 2. The summed E-state index contributed by atoms with van der Waals surface area (Å²) >= 11 is 0. The Hall–Kier alpha value is -4.00. The van der Waals surface area contributed by atoms with E-state index in [9.17, 15) is 9.59 Å². The van der Waals surface area contributed by atoms with E-state index in [1.165, 1.54) is 0 Å². The Kier molecular flexibility index (Phi) is 8.00. The summed E-state index contributed by atoms with van der Waals surface area (Å²) in [5, 5.41) is 5.95. The van der Waals surface area contributed by atoms with Gasteiger partial charge in [-0.05, 0) is 61.4 Å². The lowest BCUT2D eigenvalue weighted by atomic mass is 10.2. The molecule has 0 unspecified atom stereocenters. The van der Waals surface area contributed by atoms with Crippen LogP contribution in [0.3, 0.4) is 0 Å². The molecule has 0 aliphatic carbocycles. The number of rotatable bonds is 10. The van der Waals surface area contributed by atoms with E-state index < -0.39 is 0 Å². The number of benzene rings is 3. The van der Waals surface area contributed by atoms with Crippen molar-refractivity contribution in [2.24, 2.45) is 0 Å². The first-order valence-corrected chi connectivity index (χ1v) is 11.5. The molecular weight excluding hydrogens is 430 g/mol. The predicted molar refractivity (Wildman–Crippen MR) is 133 cm³/mol. The fourth-order valence-electron chi connectivity index (χ4n) is 3.72. The van der Waals surface area contributed by atoms with Gasteiger partial charge in [0.15, 0.2) is 0 Å². The highest BCUT2D eigenvalue weighted by atomic mass is 16.5. The SMILES string of the molecule is O=C(CNc1ccc(C(=O)N2CCCC2)cc1)Nc1cccc(OCCOc2ccccc2)c1. The molecule has 1 heterocycles. The largest absolute Gasteiger partial charge is 0.490 e. The smallest absolute Gasteiger partial charge is 0.253 e. The van der Waals surface area contributed by atoms with Crippen molar-refractivity contribution in [3.63, 3.8) is 0 Å². The molecule has 1 aliphatic heterocycles. The lowest BCUT2D eigenvalue weighted by Crippen LogP contribution is -2.27. The van der Waals surface area contributed by atoms with Crippen LogP contribution < -0.4 is 20.1 Å². The van der Waals surface area contributed by atoms with Crippen molar-refractivity contribution >= 4 is 23.2 Å². The topological polar surface area (TPSA) is 79.9 Å².